The topological polar surface area (TPSA) is 138 Å². The van der Waals surface area contributed by atoms with E-state index in [2.05, 4.69) is 17.6 Å². The SMILES string of the molecule is CCCCC[C@@H](C(=O)NCNC(=O)c1ccc(-c2ccc(C(C)(C)C(=O)O)cc2)o1)[C@@H](CCC)N(C=O)OCc1ccccc1. The van der Waals surface area contributed by atoms with Crippen LogP contribution in [0, 0.1) is 5.92 Å². The van der Waals surface area contributed by atoms with E-state index in [4.69, 9.17) is 9.25 Å². The van der Waals surface area contributed by atoms with E-state index in [9.17, 15) is 24.3 Å². The first-order valence-electron chi connectivity index (χ1n) is 15.5. The Morgan fingerprint density at radius 1 is 0.933 bits per heavy atom. The van der Waals surface area contributed by atoms with Crippen molar-refractivity contribution >= 4 is 24.2 Å². The van der Waals surface area contributed by atoms with Gasteiger partial charge in [0.25, 0.3) is 5.91 Å². The Hall–Kier alpha value is -4.44. The number of unbranched alkanes of at least 4 members (excludes halogenated alkanes) is 2. The molecule has 0 radical (unpaired) electrons. The van der Waals surface area contributed by atoms with E-state index in [0.29, 0.717) is 36.1 Å². The number of benzene rings is 2. The zero-order valence-electron chi connectivity index (χ0n) is 26.6. The Morgan fingerprint density at radius 2 is 1.64 bits per heavy atom. The number of hydrogen-bond acceptors (Lipinski definition) is 6. The number of carbonyl (C=O) groups excluding carboxylic acids is 3. The fourth-order valence-corrected chi connectivity index (χ4v) is 5.06. The van der Waals surface area contributed by atoms with Crippen LogP contribution in [0.1, 0.15) is 87.9 Å². The maximum Gasteiger partial charge on any atom is 0.313 e. The fourth-order valence-electron chi connectivity index (χ4n) is 5.06. The van der Waals surface area contributed by atoms with Crippen molar-refractivity contribution in [3.05, 3.63) is 83.6 Å². The number of furan rings is 1. The molecule has 3 rings (SSSR count). The third-order valence-corrected chi connectivity index (χ3v) is 7.93. The van der Waals surface area contributed by atoms with Crippen molar-refractivity contribution in [1.82, 2.24) is 15.7 Å². The molecule has 0 fully saturated rings. The summed E-state index contributed by atoms with van der Waals surface area (Å²) in [5.41, 5.74) is 1.21. The quantitative estimate of drug-likeness (QED) is 0.0641. The number of rotatable bonds is 19. The van der Waals surface area contributed by atoms with Crippen LogP contribution in [0.25, 0.3) is 11.3 Å². The summed E-state index contributed by atoms with van der Waals surface area (Å²) >= 11 is 0. The van der Waals surface area contributed by atoms with E-state index in [1.807, 2.05) is 37.3 Å². The van der Waals surface area contributed by atoms with Crippen LogP contribution in [-0.2, 0) is 31.2 Å². The lowest BCUT2D eigenvalue weighted by atomic mass is 9.84. The van der Waals surface area contributed by atoms with Gasteiger partial charge in [-0.05, 0) is 49.9 Å². The van der Waals surface area contributed by atoms with Gasteiger partial charge in [0.05, 0.1) is 24.0 Å². The molecule has 1 aromatic heterocycles. The lowest BCUT2D eigenvalue weighted by molar-refractivity contribution is -0.201. The predicted molar refractivity (Wildman–Crippen MR) is 171 cm³/mol. The van der Waals surface area contributed by atoms with Gasteiger partial charge >= 0.3 is 5.97 Å². The monoisotopic (exact) mass is 619 g/mol. The van der Waals surface area contributed by atoms with Crippen LogP contribution in [0.4, 0.5) is 0 Å². The van der Waals surface area contributed by atoms with Crippen LogP contribution in [0.3, 0.4) is 0 Å². The second kappa shape index (κ2) is 17.2. The lowest BCUT2D eigenvalue weighted by Gasteiger charge is -2.33. The minimum absolute atomic E-state index is 0.0685. The van der Waals surface area contributed by atoms with Gasteiger partial charge in [0, 0.05) is 5.56 Å². The number of hydrogen-bond donors (Lipinski definition) is 3. The molecule has 2 atom stereocenters. The van der Waals surface area contributed by atoms with Crippen molar-refractivity contribution in [2.45, 2.75) is 84.3 Å². The van der Waals surface area contributed by atoms with E-state index >= 15 is 0 Å². The van der Waals surface area contributed by atoms with E-state index < -0.39 is 29.3 Å². The normalized spacial score (nSPS) is 12.6. The average Bonchev–Trinajstić information content (AvgIpc) is 3.54. The minimum atomic E-state index is -1.04. The van der Waals surface area contributed by atoms with Gasteiger partial charge in [-0.2, -0.15) is 0 Å². The van der Waals surface area contributed by atoms with Crippen molar-refractivity contribution in [1.29, 1.82) is 0 Å². The molecule has 0 aliphatic carbocycles. The van der Waals surface area contributed by atoms with Crippen molar-refractivity contribution in [3.63, 3.8) is 0 Å². The molecule has 0 aliphatic heterocycles. The second-order valence-electron chi connectivity index (χ2n) is 11.6. The van der Waals surface area contributed by atoms with Gasteiger partial charge < -0.3 is 20.2 Å². The summed E-state index contributed by atoms with van der Waals surface area (Å²) in [6.07, 6.45) is 5.29. The molecule has 0 spiro atoms. The van der Waals surface area contributed by atoms with Gasteiger partial charge in [-0.1, -0.05) is 94.1 Å². The van der Waals surface area contributed by atoms with Crippen LogP contribution in [0.2, 0.25) is 0 Å². The summed E-state index contributed by atoms with van der Waals surface area (Å²) in [5, 5.41) is 16.2. The van der Waals surface area contributed by atoms with Crippen molar-refractivity contribution in [3.8, 4) is 11.3 Å². The zero-order valence-corrected chi connectivity index (χ0v) is 26.6. The number of carbonyl (C=O) groups is 4. The average molecular weight is 620 g/mol. The largest absolute Gasteiger partial charge is 0.481 e. The number of nitrogens with one attached hydrogen (secondary N) is 2. The maximum atomic E-state index is 13.5. The molecule has 3 amide bonds. The Labute approximate surface area is 265 Å². The van der Waals surface area contributed by atoms with E-state index in [1.165, 1.54) is 5.06 Å². The van der Waals surface area contributed by atoms with Crippen molar-refractivity contribution in [2.75, 3.05) is 6.67 Å². The first-order valence-corrected chi connectivity index (χ1v) is 15.5. The number of nitrogens with zero attached hydrogens (tertiary/aromatic N) is 1. The van der Waals surface area contributed by atoms with E-state index in [-0.39, 0.29) is 24.9 Å². The Balaban J connectivity index is 1.63. The molecule has 3 N–H and O–H groups in total. The third-order valence-electron chi connectivity index (χ3n) is 7.93. The fraction of sp³-hybridized carbons (Fsp3) is 0.429. The van der Waals surface area contributed by atoms with Gasteiger partial charge in [-0.25, -0.2) is 5.06 Å². The number of hydroxylamine groups is 2. The molecule has 0 unspecified atom stereocenters. The third kappa shape index (κ3) is 9.78. The van der Waals surface area contributed by atoms with Crippen LogP contribution < -0.4 is 10.6 Å². The van der Waals surface area contributed by atoms with Gasteiger partial charge in [0.1, 0.15) is 12.4 Å². The highest BCUT2D eigenvalue weighted by Gasteiger charge is 2.33. The number of amides is 3. The van der Waals surface area contributed by atoms with Crippen LogP contribution in [0.5, 0.6) is 0 Å². The molecule has 2 aromatic carbocycles. The number of carboxylic acid groups (broad SMARTS) is 1. The van der Waals surface area contributed by atoms with Gasteiger partial charge in [0.2, 0.25) is 12.3 Å². The highest BCUT2D eigenvalue weighted by Crippen LogP contribution is 2.28. The molecule has 45 heavy (non-hydrogen) atoms. The van der Waals surface area contributed by atoms with E-state index in [0.717, 1.165) is 31.2 Å². The van der Waals surface area contributed by atoms with Crippen molar-refractivity contribution < 1.29 is 33.5 Å². The van der Waals surface area contributed by atoms with Crippen LogP contribution >= 0.6 is 0 Å². The van der Waals surface area contributed by atoms with Gasteiger partial charge in [0.15, 0.2) is 5.76 Å². The van der Waals surface area contributed by atoms with Gasteiger partial charge in [-0.15, -0.1) is 0 Å². The van der Waals surface area contributed by atoms with Crippen molar-refractivity contribution in [2.24, 2.45) is 5.92 Å². The molecule has 3 aromatic rings. The van der Waals surface area contributed by atoms with E-state index in [1.54, 1.807) is 50.2 Å². The smallest absolute Gasteiger partial charge is 0.313 e. The molecule has 10 nitrogen and oxygen atoms in total. The van der Waals surface area contributed by atoms with Crippen LogP contribution in [-0.4, -0.2) is 47.1 Å². The zero-order chi connectivity index (χ0) is 32.8. The first-order chi connectivity index (χ1) is 21.6. The number of aliphatic carboxylic acids is 1. The second-order valence-corrected chi connectivity index (χ2v) is 11.6. The van der Waals surface area contributed by atoms with Gasteiger partial charge in [-0.3, -0.25) is 24.0 Å². The molecule has 0 saturated carbocycles. The molecule has 0 saturated heterocycles. The summed E-state index contributed by atoms with van der Waals surface area (Å²) in [4.78, 5) is 55.9. The lowest BCUT2D eigenvalue weighted by Crippen LogP contribution is -2.48. The highest BCUT2D eigenvalue weighted by atomic mass is 16.7. The summed E-state index contributed by atoms with van der Waals surface area (Å²) in [5.74, 6) is -1.71. The molecule has 1 heterocycles. The minimum Gasteiger partial charge on any atom is -0.481 e. The predicted octanol–water partition coefficient (Wildman–Crippen LogP) is 6.07. The molecule has 0 bridgehead atoms. The molecule has 10 heteroatoms. The van der Waals surface area contributed by atoms with Crippen LogP contribution in [0.15, 0.2) is 71.1 Å². The summed E-state index contributed by atoms with van der Waals surface area (Å²) in [6, 6.07) is 19.2. The summed E-state index contributed by atoms with van der Waals surface area (Å²) < 4.78 is 5.75. The first kappa shape index (κ1) is 35.0. The molecular weight excluding hydrogens is 574 g/mol. The maximum absolute atomic E-state index is 13.5. The number of carboxylic acids is 1. The molecular formula is C35H45N3O7. The summed E-state index contributed by atoms with van der Waals surface area (Å²) in [6.45, 7) is 7.43. The Kier molecular flexibility index (Phi) is 13.4. The molecule has 242 valence electrons. The Morgan fingerprint density at radius 3 is 2.27 bits per heavy atom. The standard InChI is InChI=1S/C35H45N3O7/c1-5-7-9-15-28(29(12-6-2)38(24-39)44-22-25-13-10-8-11-14-25)32(40)36-23-37-33(41)31-21-20-30(45-31)26-16-18-27(19-17-26)35(3,4)34(42)43/h8,10-11,13-14,16-21,24,28-29H,5-7,9,12,15,22-23H2,1-4H3,(H,36,40)(H,37,41)(H,42,43)/t28-,29-/m1/s1. The highest BCUT2D eigenvalue weighted by molar-refractivity contribution is 5.92. The molecule has 0 aliphatic rings. The summed E-state index contributed by atoms with van der Waals surface area (Å²) in [7, 11) is 0. The Bertz CT molecular complexity index is 1390.